The van der Waals surface area contributed by atoms with E-state index in [-0.39, 0.29) is 45.5 Å². The van der Waals surface area contributed by atoms with Gasteiger partial charge in [-0.3, -0.25) is 14.3 Å². The van der Waals surface area contributed by atoms with Crippen LogP contribution in [0.4, 0.5) is 14.5 Å². The highest BCUT2D eigenvalue weighted by Gasteiger charge is 2.26. The van der Waals surface area contributed by atoms with Gasteiger partial charge < -0.3 is 20.6 Å². The molecule has 3 aromatic carbocycles. The minimum absolute atomic E-state index is 0.00243. The molecule has 0 spiro atoms. The van der Waals surface area contributed by atoms with Gasteiger partial charge in [0.05, 0.1) is 17.8 Å². The normalized spacial score (nSPS) is 12.7. The molecule has 2 amide bonds. The van der Waals surface area contributed by atoms with E-state index in [9.17, 15) is 31.9 Å². The lowest BCUT2D eigenvalue weighted by atomic mass is 9.99. The van der Waals surface area contributed by atoms with Crippen molar-refractivity contribution in [2.24, 2.45) is 0 Å². The monoisotopic (exact) mass is 726 g/mol. The third-order valence-corrected chi connectivity index (χ3v) is 10.7. The van der Waals surface area contributed by atoms with Gasteiger partial charge in [0.2, 0.25) is 0 Å². The van der Waals surface area contributed by atoms with E-state index in [1.807, 2.05) is 32.0 Å². The number of carbonyl (C=O) groups excluding carboxylic acids is 2. The van der Waals surface area contributed by atoms with Crippen molar-refractivity contribution < 1.29 is 31.9 Å². The predicted octanol–water partition coefficient (Wildman–Crippen LogP) is 6.14. The predicted molar refractivity (Wildman–Crippen MR) is 193 cm³/mol. The fourth-order valence-electron chi connectivity index (χ4n) is 5.58. The summed E-state index contributed by atoms with van der Waals surface area (Å²) in [7, 11) is -4.03. The van der Waals surface area contributed by atoms with Crippen LogP contribution < -0.4 is 15.4 Å². The molecule has 4 rings (SSSR count). The van der Waals surface area contributed by atoms with Crippen LogP contribution in [0.1, 0.15) is 71.0 Å². The Hall–Kier alpha value is -4.17. The average Bonchev–Trinajstić information content (AvgIpc) is 3.63. The lowest BCUT2D eigenvalue weighted by Gasteiger charge is -2.26. The van der Waals surface area contributed by atoms with Crippen molar-refractivity contribution in [2.45, 2.75) is 69.4 Å². The zero-order valence-electron chi connectivity index (χ0n) is 28.4. The Morgan fingerprint density at radius 3 is 2.18 bits per heavy atom. The number of nitrogens with zero attached hydrogens (tertiary/aromatic N) is 1. The third-order valence-electron chi connectivity index (χ3n) is 7.97. The van der Waals surface area contributed by atoms with Gasteiger partial charge in [-0.25, -0.2) is 17.2 Å². The Morgan fingerprint density at radius 2 is 1.54 bits per heavy atom. The summed E-state index contributed by atoms with van der Waals surface area (Å²) in [6.45, 7) is 7.33. The molecule has 0 aliphatic carbocycles. The van der Waals surface area contributed by atoms with Crippen LogP contribution in [0.3, 0.4) is 0 Å². The second-order valence-corrected chi connectivity index (χ2v) is 14.9. The number of aliphatic hydroxyl groups is 1. The van der Waals surface area contributed by atoms with Gasteiger partial charge in [0.25, 0.3) is 21.8 Å². The maximum Gasteiger partial charge on any atom is 0.271 e. The minimum atomic E-state index is -4.03. The standard InChI is InChI=1S/C37H44F2N4O5S2/c1-4-12-43(13-5-2)37(46)29-19-28(20-32(21-29)42-50(47,48)35-11-8-14-49-35)36(45)41-33(18-27-16-30(38)22-31(39)17-27)34(44)24-40-23-26-10-7-9-25(6-3)15-26/h7-11,14-17,19-22,33-34,40,42,44H,4-6,12-13,18,23-24H2,1-3H3,(H,41,45)/t33-,34+/m0/s1. The first kappa shape index (κ1) is 38.6. The molecular weight excluding hydrogens is 683 g/mol. The van der Waals surface area contributed by atoms with Crippen LogP contribution in [-0.2, 0) is 29.4 Å². The molecule has 0 fully saturated rings. The van der Waals surface area contributed by atoms with E-state index in [4.69, 9.17) is 0 Å². The number of hydrogen-bond acceptors (Lipinski definition) is 7. The number of hydrogen-bond donors (Lipinski definition) is 4. The maximum absolute atomic E-state index is 14.1. The number of sulfonamides is 1. The maximum atomic E-state index is 14.1. The van der Waals surface area contributed by atoms with Crippen LogP contribution in [0.15, 0.2) is 82.4 Å². The molecule has 0 unspecified atom stereocenters. The molecular formula is C37H44F2N4O5S2. The zero-order valence-corrected chi connectivity index (χ0v) is 30.0. The number of nitrogens with one attached hydrogen (secondary N) is 3. The van der Waals surface area contributed by atoms with E-state index < -0.39 is 39.7 Å². The van der Waals surface area contributed by atoms with Gasteiger partial charge in [0, 0.05) is 43.4 Å². The molecule has 4 aromatic rings. The van der Waals surface area contributed by atoms with Crippen molar-refractivity contribution in [3.05, 3.63) is 118 Å². The van der Waals surface area contributed by atoms with Crippen molar-refractivity contribution in [3.63, 3.8) is 0 Å². The molecule has 9 nitrogen and oxygen atoms in total. The minimum Gasteiger partial charge on any atom is -0.390 e. The second kappa shape index (κ2) is 18.2. The number of benzene rings is 3. The fraction of sp³-hybridized carbons (Fsp3) is 0.351. The Morgan fingerprint density at radius 1 is 0.860 bits per heavy atom. The number of anilines is 1. The van der Waals surface area contributed by atoms with Gasteiger partial charge in [-0.1, -0.05) is 51.1 Å². The summed E-state index contributed by atoms with van der Waals surface area (Å²) in [6, 6.07) is 17.1. The van der Waals surface area contributed by atoms with Crippen molar-refractivity contribution in [3.8, 4) is 0 Å². The topological polar surface area (TPSA) is 128 Å². The number of carbonyl (C=O) groups is 2. The Balaban J connectivity index is 1.64. The van der Waals surface area contributed by atoms with Gasteiger partial charge in [0.1, 0.15) is 15.8 Å². The van der Waals surface area contributed by atoms with E-state index in [2.05, 4.69) is 28.3 Å². The first-order valence-electron chi connectivity index (χ1n) is 16.7. The van der Waals surface area contributed by atoms with Gasteiger partial charge in [-0.15, -0.1) is 11.3 Å². The van der Waals surface area contributed by atoms with Crippen LogP contribution >= 0.6 is 11.3 Å². The summed E-state index contributed by atoms with van der Waals surface area (Å²) >= 11 is 1.02. The van der Waals surface area contributed by atoms with Crippen LogP contribution in [-0.4, -0.2) is 62.0 Å². The van der Waals surface area contributed by atoms with E-state index >= 15 is 0 Å². The summed E-state index contributed by atoms with van der Waals surface area (Å²) in [5.41, 5.74) is 2.44. The molecule has 0 aliphatic heterocycles. The fourth-order valence-corrected chi connectivity index (χ4v) is 7.62. The average molecular weight is 727 g/mol. The molecule has 0 saturated carbocycles. The SMILES string of the molecule is CCCN(CCC)C(=O)c1cc(NS(=O)(=O)c2cccs2)cc(C(=O)N[C@@H](Cc2cc(F)cc(F)c2)[C@H](O)CNCc2cccc(CC)c2)c1. The smallest absolute Gasteiger partial charge is 0.271 e. The summed E-state index contributed by atoms with van der Waals surface area (Å²) in [5, 5.41) is 18.9. The van der Waals surface area contributed by atoms with Crippen LogP contribution in [0.5, 0.6) is 0 Å². The number of aryl methyl sites for hydroxylation is 1. The Bertz CT molecular complexity index is 1830. The van der Waals surface area contributed by atoms with E-state index in [0.29, 0.717) is 32.5 Å². The lowest BCUT2D eigenvalue weighted by Crippen LogP contribution is -2.48. The van der Waals surface area contributed by atoms with E-state index in [1.54, 1.807) is 16.3 Å². The molecule has 0 saturated heterocycles. The quantitative estimate of drug-likeness (QED) is 0.0976. The molecule has 0 bridgehead atoms. The second-order valence-electron chi connectivity index (χ2n) is 12.1. The highest BCUT2D eigenvalue weighted by molar-refractivity contribution is 7.94. The first-order chi connectivity index (χ1) is 23.9. The highest BCUT2D eigenvalue weighted by atomic mass is 32.2. The number of thiophene rings is 1. The summed E-state index contributed by atoms with van der Waals surface area (Å²) in [5.74, 6) is -2.69. The molecule has 0 aliphatic rings. The molecule has 1 aromatic heterocycles. The van der Waals surface area contributed by atoms with Crippen molar-refractivity contribution in [1.82, 2.24) is 15.5 Å². The largest absolute Gasteiger partial charge is 0.390 e. The van der Waals surface area contributed by atoms with E-state index in [1.165, 1.54) is 24.3 Å². The third kappa shape index (κ3) is 10.9. The number of halogens is 2. The van der Waals surface area contributed by atoms with E-state index in [0.717, 1.165) is 47.1 Å². The molecule has 2 atom stereocenters. The van der Waals surface area contributed by atoms with Gasteiger partial charge in [-0.05, 0) is 84.2 Å². The van der Waals surface area contributed by atoms with Gasteiger partial charge in [-0.2, -0.15) is 0 Å². The molecule has 1 heterocycles. The number of rotatable bonds is 18. The molecule has 0 radical (unpaired) electrons. The molecule has 50 heavy (non-hydrogen) atoms. The van der Waals surface area contributed by atoms with Crippen molar-refractivity contribution >= 4 is 38.9 Å². The molecule has 268 valence electrons. The Labute approximate surface area is 296 Å². The summed E-state index contributed by atoms with van der Waals surface area (Å²) < 4.78 is 57.1. The van der Waals surface area contributed by atoms with Crippen LogP contribution in [0.25, 0.3) is 0 Å². The number of amides is 2. The lowest BCUT2D eigenvalue weighted by molar-refractivity contribution is 0.0755. The highest BCUT2D eigenvalue weighted by Crippen LogP contribution is 2.24. The van der Waals surface area contributed by atoms with Crippen molar-refractivity contribution in [2.75, 3.05) is 24.4 Å². The zero-order chi connectivity index (χ0) is 36.3. The van der Waals surface area contributed by atoms with Gasteiger partial charge in [0.15, 0.2) is 0 Å². The summed E-state index contributed by atoms with van der Waals surface area (Å²) in [4.78, 5) is 29.2. The summed E-state index contributed by atoms with van der Waals surface area (Å²) in [6.07, 6.45) is 0.940. The Kier molecular flexibility index (Phi) is 14.0. The van der Waals surface area contributed by atoms with Crippen molar-refractivity contribution in [1.29, 1.82) is 0 Å². The van der Waals surface area contributed by atoms with Crippen LogP contribution in [0.2, 0.25) is 0 Å². The van der Waals surface area contributed by atoms with Gasteiger partial charge >= 0.3 is 0 Å². The molecule has 4 N–H and O–H groups in total. The number of aliphatic hydroxyl groups excluding tert-OH is 1. The first-order valence-corrected chi connectivity index (χ1v) is 19.0. The molecule has 13 heteroatoms. The van der Waals surface area contributed by atoms with Crippen LogP contribution in [0, 0.1) is 11.6 Å².